The molecule has 3 aromatic carbocycles. The number of hydrogen-bond acceptors (Lipinski definition) is 4. The van der Waals surface area contributed by atoms with Gasteiger partial charge in [-0.2, -0.15) is 0 Å². The summed E-state index contributed by atoms with van der Waals surface area (Å²) in [6.07, 6.45) is 0. The number of carbonyl (C=O) groups is 3. The van der Waals surface area contributed by atoms with Gasteiger partial charge in [-0.1, -0.05) is 35.9 Å². The molecule has 3 amide bonds. The van der Waals surface area contributed by atoms with Gasteiger partial charge in [0.2, 0.25) is 5.91 Å². The van der Waals surface area contributed by atoms with Gasteiger partial charge in [-0.15, -0.1) is 0 Å². The lowest BCUT2D eigenvalue weighted by atomic mass is 10.0. The molecule has 166 valence electrons. The monoisotopic (exact) mass is 443 g/mol. The number of amides is 3. The summed E-state index contributed by atoms with van der Waals surface area (Å²) >= 11 is 0. The van der Waals surface area contributed by atoms with E-state index >= 15 is 0 Å². The van der Waals surface area contributed by atoms with Gasteiger partial charge in [0.15, 0.2) is 0 Å². The number of halogens is 1. The summed E-state index contributed by atoms with van der Waals surface area (Å²) in [6.45, 7) is 5.17. The number of nitrogens with one attached hydrogen (secondary N) is 2. The first-order chi connectivity index (χ1) is 15.7. The quantitative estimate of drug-likeness (QED) is 0.556. The fourth-order valence-electron chi connectivity index (χ4n) is 3.82. The molecule has 0 bridgehead atoms. The van der Waals surface area contributed by atoms with Crippen LogP contribution >= 0.6 is 0 Å². The van der Waals surface area contributed by atoms with E-state index < -0.39 is 17.6 Å². The third-order valence-corrected chi connectivity index (χ3v) is 5.27. The van der Waals surface area contributed by atoms with Crippen molar-refractivity contribution < 1.29 is 18.8 Å². The van der Waals surface area contributed by atoms with E-state index in [1.807, 2.05) is 26.0 Å². The maximum Gasteiger partial charge on any atom is 0.282 e. The zero-order chi connectivity index (χ0) is 23.7. The predicted octanol–water partition coefficient (Wildman–Crippen LogP) is 4.80. The lowest BCUT2D eigenvalue weighted by molar-refractivity contribution is -0.120. The Morgan fingerprint density at radius 3 is 2.24 bits per heavy atom. The molecule has 1 heterocycles. The Morgan fingerprint density at radius 1 is 0.879 bits per heavy atom. The third kappa shape index (κ3) is 4.39. The Balaban J connectivity index is 1.81. The first-order valence-corrected chi connectivity index (χ1v) is 10.4. The molecule has 0 radical (unpaired) electrons. The predicted molar refractivity (Wildman–Crippen MR) is 126 cm³/mol. The highest BCUT2D eigenvalue weighted by Gasteiger charge is 2.40. The molecule has 0 spiro atoms. The van der Waals surface area contributed by atoms with Crippen LogP contribution in [0.2, 0.25) is 0 Å². The zero-order valence-corrected chi connectivity index (χ0v) is 18.4. The molecule has 2 N–H and O–H groups in total. The molecule has 0 fully saturated rings. The molecule has 0 saturated heterocycles. The molecule has 0 aliphatic carbocycles. The molecule has 0 aromatic heterocycles. The van der Waals surface area contributed by atoms with E-state index in [2.05, 4.69) is 10.6 Å². The second-order valence-electron chi connectivity index (χ2n) is 7.88. The number of rotatable bonds is 5. The molecule has 0 unspecified atom stereocenters. The van der Waals surface area contributed by atoms with Gasteiger partial charge in [-0.25, -0.2) is 9.29 Å². The van der Waals surface area contributed by atoms with E-state index in [0.29, 0.717) is 22.6 Å². The van der Waals surface area contributed by atoms with Gasteiger partial charge in [0.05, 0.1) is 11.3 Å². The SMILES string of the molecule is CC(=O)Nc1ccc(C2=C(Nc3cccc(F)c3)C(=O)N(c3ccc(C)cc3C)C2=O)cc1. The fourth-order valence-corrected chi connectivity index (χ4v) is 3.82. The van der Waals surface area contributed by atoms with Crippen molar-refractivity contribution in [2.75, 3.05) is 15.5 Å². The normalized spacial score (nSPS) is 13.5. The molecule has 7 heteroatoms. The van der Waals surface area contributed by atoms with Crippen molar-refractivity contribution >= 4 is 40.4 Å². The molecule has 0 atom stereocenters. The second-order valence-corrected chi connectivity index (χ2v) is 7.88. The van der Waals surface area contributed by atoms with Crippen LogP contribution in [0.25, 0.3) is 5.57 Å². The van der Waals surface area contributed by atoms with Crippen LogP contribution < -0.4 is 15.5 Å². The zero-order valence-electron chi connectivity index (χ0n) is 18.4. The van der Waals surface area contributed by atoms with Gasteiger partial charge in [-0.05, 0) is 61.4 Å². The Morgan fingerprint density at radius 2 is 1.61 bits per heavy atom. The summed E-state index contributed by atoms with van der Waals surface area (Å²) in [5, 5.41) is 5.62. The van der Waals surface area contributed by atoms with Crippen molar-refractivity contribution in [3.8, 4) is 0 Å². The van der Waals surface area contributed by atoms with Crippen LogP contribution in [0.3, 0.4) is 0 Å². The van der Waals surface area contributed by atoms with Crippen LogP contribution in [-0.4, -0.2) is 17.7 Å². The molecule has 1 aliphatic heterocycles. The minimum Gasteiger partial charge on any atom is -0.350 e. The third-order valence-electron chi connectivity index (χ3n) is 5.27. The van der Waals surface area contributed by atoms with Crippen LogP contribution in [-0.2, 0) is 14.4 Å². The highest BCUT2D eigenvalue weighted by Crippen LogP contribution is 2.35. The van der Waals surface area contributed by atoms with Gasteiger partial charge in [-0.3, -0.25) is 14.4 Å². The molecule has 33 heavy (non-hydrogen) atoms. The number of carbonyl (C=O) groups excluding carboxylic acids is 3. The van der Waals surface area contributed by atoms with E-state index in [-0.39, 0.29) is 17.2 Å². The molecule has 1 aliphatic rings. The molecule has 0 saturated carbocycles. The molecule has 4 rings (SSSR count). The summed E-state index contributed by atoms with van der Waals surface area (Å²) in [6, 6.07) is 17.8. The Kier molecular flexibility index (Phi) is 5.79. The smallest absolute Gasteiger partial charge is 0.282 e. The van der Waals surface area contributed by atoms with Crippen LogP contribution in [0.5, 0.6) is 0 Å². The minimum atomic E-state index is -0.530. The average Bonchev–Trinajstić information content (AvgIpc) is 2.98. The van der Waals surface area contributed by atoms with E-state index in [9.17, 15) is 18.8 Å². The Bertz CT molecular complexity index is 1310. The van der Waals surface area contributed by atoms with Crippen LogP contribution in [0, 0.1) is 19.7 Å². The largest absolute Gasteiger partial charge is 0.350 e. The average molecular weight is 443 g/mol. The summed E-state index contributed by atoms with van der Waals surface area (Å²) in [7, 11) is 0. The topological polar surface area (TPSA) is 78.5 Å². The highest BCUT2D eigenvalue weighted by molar-refractivity contribution is 6.46. The summed E-state index contributed by atoms with van der Waals surface area (Å²) < 4.78 is 13.8. The van der Waals surface area contributed by atoms with Crippen molar-refractivity contribution in [2.24, 2.45) is 0 Å². The minimum absolute atomic E-state index is 0.0536. The number of hydrogen-bond donors (Lipinski definition) is 2. The summed E-state index contributed by atoms with van der Waals surface area (Å²) in [4.78, 5) is 39.5. The van der Waals surface area contributed by atoms with Crippen LogP contribution in [0.4, 0.5) is 21.5 Å². The number of aryl methyl sites for hydroxylation is 2. The van der Waals surface area contributed by atoms with Crippen molar-refractivity contribution in [3.05, 3.63) is 94.9 Å². The first-order valence-electron chi connectivity index (χ1n) is 10.4. The van der Waals surface area contributed by atoms with Crippen molar-refractivity contribution in [3.63, 3.8) is 0 Å². The fraction of sp³-hybridized carbons (Fsp3) is 0.115. The number of nitrogens with zero attached hydrogens (tertiary/aromatic N) is 1. The van der Waals surface area contributed by atoms with Crippen molar-refractivity contribution in [1.82, 2.24) is 0 Å². The Hall–Kier alpha value is -4.26. The van der Waals surface area contributed by atoms with E-state index in [1.54, 1.807) is 36.4 Å². The van der Waals surface area contributed by atoms with E-state index in [4.69, 9.17) is 0 Å². The number of anilines is 3. The molecular formula is C26H22FN3O3. The van der Waals surface area contributed by atoms with Crippen molar-refractivity contribution in [2.45, 2.75) is 20.8 Å². The molecule has 3 aromatic rings. The van der Waals surface area contributed by atoms with Gasteiger partial charge < -0.3 is 10.6 Å². The van der Waals surface area contributed by atoms with Crippen molar-refractivity contribution in [1.29, 1.82) is 0 Å². The van der Waals surface area contributed by atoms with Crippen LogP contribution in [0.15, 0.2) is 72.4 Å². The first kappa shape index (κ1) is 22.0. The highest BCUT2D eigenvalue weighted by atomic mass is 19.1. The second kappa shape index (κ2) is 8.70. The van der Waals surface area contributed by atoms with Crippen LogP contribution in [0.1, 0.15) is 23.6 Å². The molecule has 6 nitrogen and oxygen atoms in total. The lowest BCUT2D eigenvalue weighted by Gasteiger charge is -2.18. The van der Waals surface area contributed by atoms with E-state index in [1.165, 1.54) is 25.1 Å². The number of imide groups is 1. The maximum atomic E-state index is 13.8. The van der Waals surface area contributed by atoms with Gasteiger partial charge in [0.1, 0.15) is 11.5 Å². The summed E-state index contributed by atoms with van der Waals surface area (Å²) in [5.74, 6) is -1.70. The Labute approximate surface area is 190 Å². The standard InChI is InChI=1S/C26H22FN3O3/c1-15-7-12-22(16(2)13-15)30-25(32)23(18-8-10-20(11-9-18)28-17(3)31)24(26(30)33)29-21-6-4-5-19(27)14-21/h4-14,29H,1-3H3,(H,28,31). The number of benzene rings is 3. The van der Waals surface area contributed by atoms with E-state index in [0.717, 1.165) is 16.0 Å². The maximum absolute atomic E-state index is 13.8. The lowest BCUT2D eigenvalue weighted by Crippen LogP contribution is -2.33. The van der Waals surface area contributed by atoms with Gasteiger partial charge in [0.25, 0.3) is 11.8 Å². The summed E-state index contributed by atoms with van der Waals surface area (Å²) in [5.41, 5.74) is 3.90. The van der Waals surface area contributed by atoms with Gasteiger partial charge in [0, 0.05) is 18.3 Å². The van der Waals surface area contributed by atoms with Gasteiger partial charge >= 0.3 is 0 Å². The molecular weight excluding hydrogens is 421 g/mol.